The highest BCUT2D eigenvalue weighted by Gasteiger charge is 2.09. The molecule has 3 N–H and O–H groups in total. The summed E-state index contributed by atoms with van der Waals surface area (Å²) in [5, 5.41) is 8.75. The highest BCUT2D eigenvalue weighted by atomic mass is 16.4. The lowest BCUT2D eigenvalue weighted by molar-refractivity contribution is 0.0689. The van der Waals surface area contributed by atoms with Crippen LogP contribution in [0.1, 0.15) is 10.5 Å². The van der Waals surface area contributed by atoms with Crippen molar-refractivity contribution >= 4 is 17.3 Å². The summed E-state index contributed by atoms with van der Waals surface area (Å²) in [4.78, 5) is 14.6. The number of nitrogen functional groups attached to an aromatic ring is 1. The van der Waals surface area contributed by atoms with Crippen molar-refractivity contribution < 1.29 is 9.90 Å². The Morgan fingerprint density at radius 2 is 2.38 bits per heavy atom. The van der Waals surface area contributed by atoms with E-state index in [0.29, 0.717) is 11.3 Å². The predicted octanol–water partition coefficient (Wildman–Crippen LogP) is 0.615. The Hall–Kier alpha value is -2.04. The van der Waals surface area contributed by atoms with E-state index in [1.165, 1.54) is 10.6 Å². The molecule has 2 aromatic rings. The average molecular weight is 177 g/mol. The van der Waals surface area contributed by atoms with Crippen molar-refractivity contribution in [1.29, 1.82) is 0 Å². The molecule has 0 atom stereocenters. The van der Waals surface area contributed by atoms with Crippen LogP contribution < -0.4 is 5.73 Å². The Morgan fingerprint density at radius 3 is 3.08 bits per heavy atom. The van der Waals surface area contributed by atoms with Gasteiger partial charge in [-0.1, -0.05) is 0 Å². The van der Waals surface area contributed by atoms with E-state index in [9.17, 15) is 4.79 Å². The molecule has 13 heavy (non-hydrogen) atoms. The van der Waals surface area contributed by atoms with E-state index in [-0.39, 0.29) is 5.69 Å². The molecule has 0 aliphatic heterocycles. The van der Waals surface area contributed by atoms with Crippen LogP contribution in [0.15, 0.2) is 24.5 Å². The number of carboxylic acids is 1. The number of pyridine rings is 1. The van der Waals surface area contributed by atoms with Gasteiger partial charge in [0.1, 0.15) is 5.65 Å². The molecule has 0 aliphatic carbocycles. The van der Waals surface area contributed by atoms with Crippen LogP contribution in [0.2, 0.25) is 0 Å². The Labute approximate surface area is 73.4 Å². The van der Waals surface area contributed by atoms with Gasteiger partial charge in [0, 0.05) is 18.0 Å². The Kier molecular flexibility index (Phi) is 1.45. The first-order valence-corrected chi connectivity index (χ1v) is 3.64. The topological polar surface area (TPSA) is 80.6 Å². The number of carboxylic acid groups (broad SMARTS) is 1. The molecule has 66 valence electrons. The van der Waals surface area contributed by atoms with Gasteiger partial charge in [-0.15, -0.1) is 0 Å². The molecular weight excluding hydrogens is 170 g/mol. The number of carbonyl (C=O) groups is 1. The summed E-state index contributed by atoms with van der Waals surface area (Å²) < 4.78 is 1.47. The zero-order valence-corrected chi connectivity index (χ0v) is 6.64. The number of anilines is 1. The summed E-state index contributed by atoms with van der Waals surface area (Å²) in [6, 6.07) is 3.24. The Morgan fingerprint density at radius 1 is 1.62 bits per heavy atom. The van der Waals surface area contributed by atoms with Gasteiger partial charge < -0.3 is 10.8 Å². The van der Waals surface area contributed by atoms with Crippen molar-refractivity contribution in [1.82, 2.24) is 9.38 Å². The molecule has 0 unspecified atom stereocenters. The summed E-state index contributed by atoms with van der Waals surface area (Å²) in [5.74, 6) is -1.00. The van der Waals surface area contributed by atoms with Gasteiger partial charge in [0.05, 0.1) is 6.20 Å². The van der Waals surface area contributed by atoms with Gasteiger partial charge in [0.25, 0.3) is 0 Å². The third kappa shape index (κ3) is 1.10. The van der Waals surface area contributed by atoms with Gasteiger partial charge in [0.2, 0.25) is 0 Å². The first-order valence-electron chi connectivity index (χ1n) is 3.64. The molecule has 0 amide bonds. The predicted molar refractivity (Wildman–Crippen MR) is 46.6 cm³/mol. The van der Waals surface area contributed by atoms with E-state index < -0.39 is 5.97 Å². The highest BCUT2D eigenvalue weighted by Crippen LogP contribution is 2.10. The van der Waals surface area contributed by atoms with E-state index in [4.69, 9.17) is 10.8 Å². The van der Waals surface area contributed by atoms with Crippen molar-refractivity contribution in [2.75, 3.05) is 5.73 Å². The molecule has 5 heteroatoms. The van der Waals surface area contributed by atoms with Crippen molar-refractivity contribution in [3.63, 3.8) is 0 Å². The molecule has 0 fully saturated rings. The second-order valence-electron chi connectivity index (χ2n) is 2.64. The van der Waals surface area contributed by atoms with E-state index in [0.717, 1.165) is 0 Å². The lowest BCUT2D eigenvalue weighted by Crippen LogP contribution is -2.01. The molecule has 5 nitrogen and oxygen atoms in total. The minimum absolute atomic E-state index is 0.134. The van der Waals surface area contributed by atoms with E-state index in [1.54, 1.807) is 18.3 Å². The van der Waals surface area contributed by atoms with Gasteiger partial charge in [-0.2, -0.15) is 0 Å². The third-order valence-electron chi connectivity index (χ3n) is 1.76. The smallest absolute Gasteiger partial charge is 0.354 e. The maximum absolute atomic E-state index is 10.7. The lowest BCUT2D eigenvalue weighted by atomic mass is 10.4. The molecule has 0 aliphatic rings. The molecule has 0 radical (unpaired) electrons. The first-order chi connectivity index (χ1) is 6.18. The van der Waals surface area contributed by atoms with Crippen LogP contribution in [0.4, 0.5) is 5.69 Å². The number of aromatic carboxylic acids is 1. The maximum Gasteiger partial charge on any atom is 0.354 e. The van der Waals surface area contributed by atoms with Crippen molar-refractivity contribution in [2.24, 2.45) is 0 Å². The molecule has 2 aromatic heterocycles. The first kappa shape index (κ1) is 7.60. The van der Waals surface area contributed by atoms with Gasteiger partial charge in [-0.25, -0.2) is 9.78 Å². The average Bonchev–Trinajstić information content (AvgIpc) is 2.46. The van der Waals surface area contributed by atoms with Crippen LogP contribution in [-0.4, -0.2) is 20.5 Å². The quantitative estimate of drug-likeness (QED) is 0.668. The number of hydrogen-bond acceptors (Lipinski definition) is 3. The SMILES string of the molecule is Nc1ccn2c(C(=O)O)cnc2c1. The number of hydrogen-bond donors (Lipinski definition) is 2. The fourth-order valence-electron chi connectivity index (χ4n) is 1.15. The number of fused-ring (bicyclic) bond motifs is 1. The number of aromatic nitrogens is 2. The van der Waals surface area contributed by atoms with Gasteiger partial charge in [-0.05, 0) is 6.07 Å². The molecule has 0 aromatic carbocycles. The van der Waals surface area contributed by atoms with Crippen LogP contribution in [0.3, 0.4) is 0 Å². The number of imidazole rings is 1. The minimum Gasteiger partial charge on any atom is -0.477 e. The Bertz CT molecular complexity index is 475. The van der Waals surface area contributed by atoms with Crippen LogP contribution >= 0.6 is 0 Å². The van der Waals surface area contributed by atoms with Crippen LogP contribution in [-0.2, 0) is 0 Å². The van der Waals surface area contributed by atoms with Gasteiger partial charge in [-0.3, -0.25) is 4.40 Å². The summed E-state index contributed by atoms with van der Waals surface area (Å²) in [6.07, 6.45) is 2.89. The standard InChI is InChI=1S/C8H7N3O2/c9-5-1-2-11-6(8(12)13)4-10-7(11)3-5/h1-4H,9H2,(H,12,13). The number of nitrogens with zero attached hydrogens (tertiary/aromatic N) is 2. The van der Waals surface area contributed by atoms with E-state index in [2.05, 4.69) is 4.98 Å². The highest BCUT2D eigenvalue weighted by molar-refractivity contribution is 5.86. The molecule has 0 saturated carbocycles. The molecule has 0 spiro atoms. The van der Waals surface area contributed by atoms with Gasteiger partial charge in [0.15, 0.2) is 5.69 Å². The van der Waals surface area contributed by atoms with Crippen molar-refractivity contribution in [2.45, 2.75) is 0 Å². The van der Waals surface area contributed by atoms with Crippen molar-refractivity contribution in [3.05, 3.63) is 30.2 Å². The number of rotatable bonds is 1. The monoisotopic (exact) mass is 177 g/mol. The zero-order valence-electron chi connectivity index (χ0n) is 6.64. The lowest BCUT2D eigenvalue weighted by Gasteiger charge is -1.96. The second-order valence-corrected chi connectivity index (χ2v) is 2.64. The number of nitrogens with two attached hydrogens (primary N) is 1. The molecule has 0 bridgehead atoms. The van der Waals surface area contributed by atoms with Crippen molar-refractivity contribution in [3.8, 4) is 0 Å². The maximum atomic E-state index is 10.7. The van der Waals surface area contributed by atoms with E-state index in [1.807, 2.05) is 0 Å². The Balaban J connectivity index is 2.76. The zero-order chi connectivity index (χ0) is 9.42. The van der Waals surface area contributed by atoms with Crippen LogP contribution in [0.5, 0.6) is 0 Å². The van der Waals surface area contributed by atoms with Gasteiger partial charge >= 0.3 is 5.97 Å². The van der Waals surface area contributed by atoms with Crippen LogP contribution in [0.25, 0.3) is 5.65 Å². The normalized spacial score (nSPS) is 10.5. The minimum atomic E-state index is -1.00. The molecule has 2 rings (SSSR count). The third-order valence-corrected chi connectivity index (χ3v) is 1.76. The summed E-state index contributed by atoms with van der Waals surface area (Å²) in [7, 11) is 0. The fraction of sp³-hybridized carbons (Fsp3) is 0. The summed E-state index contributed by atoms with van der Waals surface area (Å²) >= 11 is 0. The molecule has 2 heterocycles. The largest absolute Gasteiger partial charge is 0.477 e. The van der Waals surface area contributed by atoms with E-state index >= 15 is 0 Å². The second kappa shape index (κ2) is 2.48. The van der Waals surface area contributed by atoms with Crippen LogP contribution in [0, 0.1) is 0 Å². The fourth-order valence-corrected chi connectivity index (χ4v) is 1.15. The summed E-state index contributed by atoms with van der Waals surface area (Å²) in [6.45, 7) is 0. The molecular formula is C8H7N3O2. The summed E-state index contributed by atoms with van der Waals surface area (Å²) in [5.41, 5.74) is 6.75. The molecule has 0 saturated heterocycles.